The molecule has 0 unspecified atom stereocenters. The molecule has 1 aliphatic rings. The van der Waals surface area contributed by atoms with Crippen LogP contribution in [0, 0.1) is 0 Å². The number of amides is 3. The van der Waals surface area contributed by atoms with Gasteiger partial charge in [-0.2, -0.15) is 0 Å². The number of nitrogens with zero attached hydrogens (tertiary/aromatic N) is 1. The van der Waals surface area contributed by atoms with Crippen LogP contribution in [-0.2, 0) is 14.4 Å². The van der Waals surface area contributed by atoms with Crippen LogP contribution in [-0.4, -0.2) is 49.3 Å². The first-order valence-corrected chi connectivity index (χ1v) is 7.17. The number of hydrogen-bond acceptors (Lipinski definition) is 3. The minimum absolute atomic E-state index is 0.0208. The Morgan fingerprint density at radius 2 is 2.05 bits per heavy atom. The molecule has 0 spiro atoms. The lowest BCUT2D eigenvalue weighted by atomic mass is 10.2. The molecule has 0 heterocycles. The number of allylic oxidation sites excluding steroid dienone is 3. The Morgan fingerprint density at radius 1 is 1.29 bits per heavy atom. The number of likely N-dealkylation sites (N-methyl/N-ethyl adjacent to an activating group) is 1. The third kappa shape index (κ3) is 6.25. The number of hydrogen-bond donors (Lipinski definition) is 2. The molecule has 0 aliphatic heterocycles. The number of carbonyl (C=O) groups is 3. The third-order valence-electron chi connectivity index (χ3n) is 3.19. The van der Waals surface area contributed by atoms with E-state index in [0.29, 0.717) is 25.9 Å². The molecule has 116 valence electrons. The zero-order valence-corrected chi connectivity index (χ0v) is 12.6. The molecule has 21 heavy (non-hydrogen) atoms. The molecule has 0 aromatic rings. The maximum Gasteiger partial charge on any atom is 0.239 e. The van der Waals surface area contributed by atoms with E-state index in [1.54, 1.807) is 6.92 Å². The Balaban J connectivity index is 2.34. The van der Waals surface area contributed by atoms with Gasteiger partial charge in [-0.25, -0.2) is 0 Å². The van der Waals surface area contributed by atoms with Crippen molar-refractivity contribution in [2.24, 2.45) is 0 Å². The predicted octanol–water partition coefficient (Wildman–Crippen LogP) is 0.364. The largest absolute Gasteiger partial charge is 0.358 e. The van der Waals surface area contributed by atoms with Crippen LogP contribution in [0.15, 0.2) is 23.8 Å². The maximum absolute atomic E-state index is 11.7. The van der Waals surface area contributed by atoms with Crippen LogP contribution in [0.2, 0.25) is 0 Å². The fourth-order valence-corrected chi connectivity index (χ4v) is 1.98. The first-order chi connectivity index (χ1) is 10.1. The molecule has 2 N–H and O–H groups in total. The predicted molar refractivity (Wildman–Crippen MR) is 80.4 cm³/mol. The third-order valence-corrected chi connectivity index (χ3v) is 3.19. The molecule has 0 atom stereocenters. The maximum atomic E-state index is 11.7. The average molecular weight is 293 g/mol. The Labute approximate surface area is 125 Å². The van der Waals surface area contributed by atoms with Gasteiger partial charge in [0.05, 0.1) is 13.0 Å². The van der Waals surface area contributed by atoms with E-state index in [0.717, 1.165) is 12.0 Å². The van der Waals surface area contributed by atoms with Crippen molar-refractivity contribution < 1.29 is 14.4 Å². The highest BCUT2D eigenvalue weighted by molar-refractivity contribution is 5.84. The summed E-state index contributed by atoms with van der Waals surface area (Å²) in [5.74, 6) is -0.393. The van der Waals surface area contributed by atoms with E-state index >= 15 is 0 Å². The van der Waals surface area contributed by atoms with Gasteiger partial charge in [0.2, 0.25) is 17.7 Å². The minimum Gasteiger partial charge on any atom is -0.358 e. The van der Waals surface area contributed by atoms with Crippen molar-refractivity contribution in [2.45, 2.75) is 26.2 Å². The molecule has 0 saturated heterocycles. The van der Waals surface area contributed by atoms with Gasteiger partial charge < -0.3 is 15.5 Å². The lowest BCUT2D eigenvalue weighted by Gasteiger charge is -2.21. The average Bonchev–Trinajstić information content (AvgIpc) is 2.97. The second-order valence-corrected chi connectivity index (χ2v) is 4.79. The first kappa shape index (κ1) is 16.9. The van der Waals surface area contributed by atoms with E-state index in [2.05, 4.69) is 10.6 Å². The number of rotatable bonds is 8. The zero-order chi connectivity index (χ0) is 15.7. The van der Waals surface area contributed by atoms with Crippen LogP contribution < -0.4 is 10.6 Å². The first-order valence-electron chi connectivity index (χ1n) is 7.17. The molecule has 0 saturated carbocycles. The molecule has 0 aromatic carbocycles. The highest BCUT2D eigenvalue weighted by Crippen LogP contribution is 2.11. The van der Waals surface area contributed by atoms with Gasteiger partial charge in [0.15, 0.2) is 0 Å². The second-order valence-electron chi connectivity index (χ2n) is 4.79. The van der Waals surface area contributed by atoms with Crippen LogP contribution in [0.4, 0.5) is 0 Å². The molecule has 0 radical (unpaired) electrons. The summed E-state index contributed by atoms with van der Waals surface area (Å²) in [6, 6.07) is 0. The van der Waals surface area contributed by atoms with Gasteiger partial charge in [0.1, 0.15) is 0 Å². The summed E-state index contributed by atoms with van der Waals surface area (Å²) in [5.41, 5.74) is 1.01. The van der Waals surface area contributed by atoms with Crippen molar-refractivity contribution >= 4 is 17.7 Å². The van der Waals surface area contributed by atoms with Gasteiger partial charge in [0.25, 0.3) is 0 Å². The van der Waals surface area contributed by atoms with Crippen LogP contribution in [0.25, 0.3) is 0 Å². The van der Waals surface area contributed by atoms with Gasteiger partial charge in [-0.15, -0.1) is 0 Å². The summed E-state index contributed by atoms with van der Waals surface area (Å²) < 4.78 is 0. The second kappa shape index (κ2) is 8.94. The number of nitrogens with one attached hydrogen (secondary N) is 2. The molecule has 1 aliphatic carbocycles. The summed E-state index contributed by atoms with van der Waals surface area (Å²) in [6.45, 7) is 2.45. The van der Waals surface area contributed by atoms with Crippen molar-refractivity contribution in [2.75, 3.05) is 26.7 Å². The summed E-state index contributed by atoms with van der Waals surface area (Å²) in [6.07, 6.45) is 7.54. The Bertz CT molecular complexity index is 455. The van der Waals surface area contributed by atoms with Crippen molar-refractivity contribution in [3.05, 3.63) is 23.8 Å². The van der Waals surface area contributed by atoms with E-state index in [1.807, 2.05) is 18.2 Å². The quantitative estimate of drug-likeness (QED) is 0.678. The van der Waals surface area contributed by atoms with Crippen LogP contribution in [0.3, 0.4) is 0 Å². The van der Waals surface area contributed by atoms with E-state index in [9.17, 15) is 14.4 Å². The van der Waals surface area contributed by atoms with Crippen molar-refractivity contribution in [3.63, 3.8) is 0 Å². The van der Waals surface area contributed by atoms with Gasteiger partial charge >= 0.3 is 0 Å². The molecular weight excluding hydrogens is 270 g/mol. The Kier molecular flexibility index (Phi) is 7.21. The molecular formula is C15H23N3O3. The van der Waals surface area contributed by atoms with E-state index in [1.165, 1.54) is 11.9 Å². The van der Waals surface area contributed by atoms with Crippen molar-refractivity contribution in [3.8, 4) is 0 Å². The lowest BCUT2D eigenvalue weighted by molar-refractivity contribution is -0.135. The summed E-state index contributed by atoms with van der Waals surface area (Å²) >= 11 is 0. The van der Waals surface area contributed by atoms with Crippen LogP contribution in [0.1, 0.15) is 26.2 Å². The van der Waals surface area contributed by atoms with Crippen LogP contribution >= 0.6 is 0 Å². The Morgan fingerprint density at radius 3 is 2.62 bits per heavy atom. The number of carbonyl (C=O) groups excluding carboxylic acids is 3. The topological polar surface area (TPSA) is 78.5 Å². The Hall–Kier alpha value is -2.11. The van der Waals surface area contributed by atoms with E-state index in [-0.39, 0.29) is 24.3 Å². The monoisotopic (exact) mass is 293 g/mol. The van der Waals surface area contributed by atoms with E-state index < -0.39 is 0 Å². The van der Waals surface area contributed by atoms with Crippen molar-refractivity contribution in [1.29, 1.82) is 0 Å². The summed E-state index contributed by atoms with van der Waals surface area (Å²) in [4.78, 5) is 36.3. The molecule has 0 bridgehead atoms. The smallest absolute Gasteiger partial charge is 0.239 e. The standard InChI is InChI=1S/C15H23N3O3/c1-3-15(21)18(11-14(20)16-2)9-8-17-13(19)10-12-6-4-5-7-12/h4,6-7H,3,5,8-11H2,1-2H3,(H,16,20)(H,17,19). The molecule has 6 heteroatoms. The fourth-order valence-electron chi connectivity index (χ4n) is 1.98. The van der Waals surface area contributed by atoms with Gasteiger partial charge in [0, 0.05) is 26.6 Å². The van der Waals surface area contributed by atoms with Gasteiger partial charge in [-0.05, 0) is 12.0 Å². The van der Waals surface area contributed by atoms with Crippen molar-refractivity contribution in [1.82, 2.24) is 15.5 Å². The van der Waals surface area contributed by atoms with Gasteiger partial charge in [-0.1, -0.05) is 25.2 Å². The molecule has 1 rings (SSSR count). The molecule has 0 aromatic heterocycles. The summed E-state index contributed by atoms with van der Waals surface area (Å²) in [7, 11) is 1.53. The molecule has 3 amide bonds. The zero-order valence-electron chi connectivity index (χ0n) is 12.6. The fraction of sp³-hybridized carbons (Fsp3) is 0.533. The lowest BCUT2D eigenvalue weighted by Crippen LogP contribution is -2.43. The van der Waals surface area contributed by atoms with Crippen LogP contribution in [0.5, 0.6) is 0 Å². The minimum atomic E-state index is -0.218. The van der Waals surface area contributed by atoms with Gasteiger partial charge in [-0.3, -0.25) is 14.4 Å². The molecule has 6 nitrogen and oxygen atoms in total. The normalized spacial score (nSPS) is 12.8. The highest BCUT2D eigenvalue weighted by atomic mass is 16.2. The highest BCUT2D eigenvalue weighted by Gasteiger charge is 2.15. The molecule has 0 fully saturated rings. The SMILES string of the molecule is CCC(=O)N(CCNC(=O)CC1=CCC=C1)CC(=O)NC. The summed E-state index contributed by atoms with van der Waals surface area (Å²) in [5, 5.41) is 5.26. The van der Waals surface area contributed by atoms with E-state index in [4.69, 9.17) is 0 Å².